The van der Waals surface area contributed by atoms with Crippen molar-refractivity contribution in [3.8, 4) is 5.75 Å². The van der Waals surface area contributed by atoms with Gasteiger partial charge in [-0.15, -0.1) is 0 Å². The second-order valence-corrected chi connectivity index (χ2v) is 8.83. The number of aliphatic hydroxyl groups excluding tert-OH is 1. The Morgan fingerprint density at radius 2 is 2.06 bits per heavy atom. The highest BCUT2D eigenvalue weighted by Gasteiger charge is 2.55. The first-order valence-electron chi connectivity index (χ1n) is 10.8. The van der Waals surface area contributed by atoms with Gasteiger partial charge in [0.25, 0.3) is 11.8 Å². The van der Waals surface area contributed by atoms with Gasteiger partial charge in [-0.1, -0.05) is 24.3 Å². The van der Waals surface area contributed by atoms with Gasteiger partial charge in [0.2, 0.25) is 0 Å². The summed E-state index contributed by atoms with van der Waals surface area (Å²) in [7, 11) is 0. The predicted molar refractivity (Wildman–Crippen MR) is 116 cm³/mol. The minimum absolute atomic E-state index is 0.145. The molecule has 31 heavy (non-hydrogen) atoms. The fourth-order valence-electron chi connectivity index (χ4n) is 4.42. The highest BCUT2D eigenvalue weighted by Crippen LogP contribution is 2.47. The van der Waals surface area contributed by atoms with Gasteiger partial charge < -0.3 is 20.5 Å². The molecular formula is C24H27N3O4. The maximum atomic E-state index is 12.7. The van der Waals surface area contributed by atoms with Gasteiger partial charge in [-0.25, -0.2) is 0 Å². The molecule has 7 heteroatoms. The number of carbonyl (C=O) groups excluding carboxylic acids is 2. The third kappa shape index (κ3) is 3.91. The number of nitrogens with zero attached hydrogens (tertiary/aromatic N) is 1. The Morgan fingerprint density at radius 3 is 2.84 bits per heavy atom. The van der Waals surface area contributed by atoms with Crippen LogP contribution in [0.5, 0.6) is 5.75 Å². The van der Waals surface area contributed by atoms with Crippen LogP contribution in [0.2, 0.25) is 0 Å². The summed E-state index contributed by atoms with van der Waals surface area (Å²) in [4.78, 5) is 27.2. The average Bonchev–Trinajstić information content (AvgIpc) is 3.53. The number of amides is 2. The molecular weight excluding hydrogens is 394 g/mol. The van der Waals surface area contributed by atoms with Gasteiger partial charge in [-0.05, 0) is 42.2 Å². The fourth-order valence-corrected chi connectivity index (χ4v) is 4.42. The Morgan fingerprint density at radius 1 is 1.29 bits per heavy atom. The van der Waals surface area contributed by atoms with Crippen LogP contribution in [0.4, 0.5) is 5.69 Å². The average molecular weight is 421 g/mol. The summed E-state index contributed by atoms with van der Waals surface area (Å²) >= 11 is 0. The standard InChI is InChI=1S/C24H27N3O4/c1-15-10-21-20(26-23(30)24(31-21)7-8-24)11-19(15)22(29)25-12-18(28)14-27-9-6-16-4-2-3-5-17(16)13-27/h2-5,10-11,18,28H,6-9,12-14H2,1H3,(H,25,29)(H,26,30). The molecule has 2 aromatic rings. The van der Waals surface area contributed by atoms with Gasteiger partial charge in [0.15, 0.2) is 5.60 Å². The van der Waals surface area contributed by atoms with Crippen molar-refractivity contribution < 1.29 is 19.4 Å². The lowest BCUT2D eigenvalue weighted by Gasteiger charge is -2.30. The summed E-state index contributed by atoms with van der Waals surface area (Å²) in [5, 5.41) is 16.2. The van der Waals surface area contributed by atoms with E-state index in [1.807, 2.05) is 13.0 Å². The quantitative estimate of drug-likeness (QED) is 0.687. The first kappa shape index (κ1) is 20.0. The van der Waals surface area contributed by atoms with Gasteiger partial charge in [0.1, 0.15) is 5.75 Å². The Labute approximate surface area is 181 Å². The number of β-amino-alcohol motifs (C(OH)–C–C–N with tert-alkyl or cyclic N) is 1. The molecule has 0 radical (unpaired) electrons. The first-order valence-corrected chi connectivity index (χ1v) is 10.8. The maximum absolute atomic E-state index is 12.7. The molecule has 2 aromatic carbocycles. The Balaban J connectivity index is 1.18. The topological polar surface area (TPSA) is 90.9 Å². The zero-order chi connectivity index (χ0) is 21.6. The largest absolute Gasteiger partial charge is 0.475 e. The van der Waals surface area contributed by atoms with Crippen LogP contribution in [0.15, 0.2) is 36.4 Å². The molecule has 5 rings (SSSR count). The van der Waals surface area contributed by atoms with Gasteiger partial charge in [-0.3, -0.25) is 14.5 Å². The summed E-state index contributed by atoms with van der Waals surface area (Å²) in [5.74, 6) is 0.189. The molecule has 162 valence electrons. The van der Waals surface area contributed by atoms with Crippen molar-refractivity contribution in [3.63, 3.8) is 0 Å². The van der Waals surface area contributed by atoms with Crippen molar-refractivity contribution >= 4 is 17.5 Å². The monoisotopic (exact) mass is 421 g/mol. The Hall–Kier alpha value is -2.90. The SMILES string of the molecule is Cc1cc2c(cc1C(=O)NCC(O)CN1CCc3ccccc3C1)NC(=O)C1(CC1)O2. The van der Waals surface area contributed by atoms with E-state index in [0.29, 0.717) is 23.5 Å². The maximum Gasteiger partial charge on any atom is 0.268 e. The molecule has 2 aliphatic heterocycles. The van der Waals surface area contributed by atoms with Crippen LogP contribution in [-0.4, -0.2) is 53.2 Å². The third-order valence-corrected chi connectivity index (χ3v) is 6.42. The number of nitrogens with one attached hydrogen (secondary N) is 2. The lowest BCUT2D eigenvalue weighted by atomic mass is 10.00. The van der Waals surface area contributed by atoms with Crippen molar-refractivity contribution in [2.45, 2.75) is 44.4 Å². The van der Waals surface area contributed by atoms with Crippen molar-refractivity contribution in [1.82, 2.24) is 10.2 Å². The van der Waals surface area contributed by atoms with E-state index in [2.05, 4.69) is 33.7 Å². The van der Waals surface area contributed by atoms with E-state index < -0.39 is 11.7 Å². The predicted octanol–water partition coefficient (Wildman–Crippen LogP) is 2.01. The van der Waals surface area contributed by atoms with Crippen molar-refractivity contribution in [3.05, 3.63) is 58.7 Å². The molecule has 7 nitrogen and oxygen atoms in total. The molecule has 0 aromatic heterocycles. The van der Waals surface area contributed by atoms with E-state index in [0.717, 1.165) is 37.9 Å². The number of hydrogen-bond acceptors (Lipinski definition) is 5. The number of rotatable bonds is 5. The molecule has 1 saturated carbocycles. The van der Waals surface area contributed by atoms with Crippen LogP contribution in [0.3, 0.4) is 0 Å². The fraction of sp³-hybridized carbons (Fsp3) is 0.417. The van der Waals surface area contributed by atoms with E-state index in [1.165, 1.54) is 11.1 Å². The van der Waals surface area contributed by atoms with Gasteiger partial charge >= 0.3 is 0 Å². The summed E-state index contributed by atoms with van der Waals surface area (Å²) in [6, 6.07) is 11.8. The molecule has 1 unspecified atom stereocenters. The van der Waals surface area contributed by atoms with E-state index in [4.69, 9.17) is 4.74 Å². The van der Waals surface area contributed by atoms with Crippen LogP contribution in [-0.2, 0) is 17.8 Å². The molecule has 1 fully saturated rings. The number of hydrogen-bond donors (Lipinski definition) is 3. The van der Waals surface area contributed by atoms with Crippen LogP contribution < -0.4 is 15.4 Å². The van der Waals surface area contributed by atoms with E-state index in [1.54, 1.807) is 12.1 Å². The molecule has 2 amide bonds. The van der Waals surface area contributed by atoms with Crippen LogP contribution in [0.25, 0.3) is 0 Å². The van der Waals surface area contributed by atoms with Crippen molar-refractivity contribution in [2.75, 3.05) is 25.0 Å². The number of benzene rings is 2. The normalized spacial score (nSPS) is 19.6. The molecule has 0 bridgehead atoms. The van der Waals surface area contributed by atoms with E-state index in [9.17, 15) is 14.7 Å². The number of anilines is 1. The molecule has 1 spiro atoms. The van der Waals surface area contributed by atoms with Crippen molar-refractivity contribution in [1.29, 1.82) is 0 Å². The van der Waals surface area contributed by atoms with Gasteiger partial charge in [0, 0.05) is 44.6 Å². The summed E-state index contributed by atoms with van der Waals surface area (Å²) in [6.45, 7) is 4.22. The van der Waals surface area contributed by atoms with Gasteiger partial charge in [-0.2, -0.15) is 0 Å². The summed E-state index contributed by atoms with van der Waals surface area (Å²) < 4.78 is 5.88. The molecule has 0 saturated heterocycles. The smallest absolute Gasteiger partial charge is 0.268 e. The van der Waals surface area contributed by atoms with E-state index >= 15 is 0 Å². The highest BCUT2D eigenvalue weighted by atomic mass is 16.5. The zero-order valence-electron chi connectivity index (χ0n) is 17.6. The lowest BCUT2D eigenvalue weighted by molar-refractivity contribution is -0.125. The molecule has 1 aliphatic carbocycles. The van der Waals surface area contributed by atoms with Crippen LogP contribution in [0, 0.1) is 6.92 Å². The number of fused-ring (bicyclic) bond motifs is 2. The van der Waals surface area contributed by atoms with Gasteiger partial charge in [0.05, 0.1) is 11.8 Å². The third-order valence-electron chi connectivity index (χ3n) is 6.42. The second kappa shape index (κ2) is 7.66. The van der Waals surface area contributed by atoms with Crippen LogP contribution in [0.1, 0.15) is 39.9 Å². The number of aliphatic hydroxyl groups is 1. The number of carbonyl (C=O) groups is 2. The van der Waals surface area contributed by atoms with E-state index in [-0.39, 0.29) is 18.4 Å². The summed E-state index contributed by atoms with van der Waals surface area (Å²) in [5.41, 5.74) is 3.71. The first-order chi connectivity index (χ1) is 14.9. The molecule has 1 atom stereocenters. The second-order valence-electron chi connectivity index (χ2n) is 8.83. The van der Waals surface area contributed by atoms with Crippen molar-refractivity contribution in [2.24, 2.45) is 0 Å². The molecule has 3 N–H and O–H groups in total. The molecule has 3 aliphatic rings. The number of aryl methyl sites for hydroxylation is 1. The minimum atomic E-state index is -0.706. The van der Waals surface area contributed by atoms with Crippen LogP contribution >= 0.6 is 0 Å². The Kier molecular flexibility index (Phi) is 4.95. The summed E-state index contributed by atoms with van der Waals surface area (Å²) in [6.07, 6.45) is 1.75. The highest BCUT2D eigenvalue weighted by molar-refractivity contribution is 6.05. The molecule has 2 heterocycles. The lowest BCUT2D eigenvalue weighted by Crippen LogP contribution is -2.42. The number of ether oxygens (including phenoxy) is 1. The zero-order valence-corrected chi connectivity index (χ0v) is 17.6. The Bertz CT molecular complexity index is 1050. The minimum Gasteiger partial charge on any atom is -0.475 e.